The third-order valence-corrected chi connectivity index (χ3v) is 3.13. The van der Waals surface area contributed by atoms with Crippen LogP contribution in [0.4, 0.5) is 0 Å². The summed E-state index contributed by atoms with van der Waals surface area (Å²) in [5, 5.41) is 17.0. The van der Waals surface area contributed by atoms with E-state index in [0.29, 0.717) is 5.89 Å². The smallest absolute Gasteiger partial charge is 0.310 e. The largest absolute Gasteiger partial charge is 0.508 e. The van der Waals surface area contributed by atoms with E-state index >= 15 is 0 Å². The highest BCUT2D eigenvalue weighted by Gasteiger charge is 2.11. The Morgan fingerprint density at radius 1 is 1.04 bits per heavy atom. The van der Waals surface area contributed by atoms with Crippen LogP contribution in [0.1, 0.15) is 11.5 Å². The Hall–Kier alpha value is -3.15. The molecule has 1 N–H and O–H groups in total. The van der Waals surface area contributed by atoms with Crippen molar-refractivity contribution >= 4 is 5.97 Å². The van der Waals surface area contributed by atoms with E-state index in [9.17, 15) is 9.90 Å². The summed E-state index contributed by atoms with van der Waals surface area (Å²) < 4.78 is 10.6. The Kier molecular flexibility index (Phi) is 4.33. The minimum Gasteiger partial charge on any atom is -0.508 e. The van der Waals surface area contributed by atoms with Crippen LogP contribution in [0.5, 0.6) is 5.75 Å². The fourth-order valence-corrected chi connectivity index (χ4v) is 1.98. The van der Waals surface area contributed by atoms with Crippen molar-refractivity contribution in [3.63, 3.8) is 0 Å². The number of rotatable bonds is 5. The van der Waals surface area contributed by atoms with E-state index in [4.69, 9.17) is 9.15 Å². The zero-order chi connectivity index (χ0) is 16.1. The molecule has 0 aliphatic heterocycles. The average molecular weight is 310 g/mol. The van der Waals surface area contributed by atoms with Gasteiger partial charge in [0.05, 0.1) is 6.42 Å². The molecule has 0 saturated carbocycles. The first-order valence-electron chi connectivity index (χ1n) is 7.02. The van der Waals surface area contributed by atoms with Crippen molar-refractivity contribution in [2.24, 2.45) is 0 Å². The highest BCUT2D eigenvalue weighted by molar-refractivity contribution is 5.72. The monoisotopic (exact) mass is 310 g/mol. The molecule has 0 atom stereocenters. The number of aromatic hydroxyl groups is 1. The summed E-state index contributed by atoms with van der Waals surface area (Å²) in [6.45, 7) is -0.0727. The minimum absolute atomic E-state index is 0.0727. The Balaban J connectivity index is 1.55. The molecule has 0 radical (unpaired) electrons. The maximum Gasteiger partial charge on any atom is 0.310 e. The first-order chi connectivity index (χ1) is 11.2. The number of carbonyl (C=O) groups is 1. The van der Waals surface area contributed by atoms with Gasteiger partial charge < -0.3 is 14.3 Å². The second-order valence-electron chi connectivity index (χ2n) is 4.87. The molecule has 3 aromatic rings. The zero-order valence-corrected chi connectivity index (χ0v) is 12.2. The third kappa shape index (κ3) is 3.94. The van der Waals surface area contributed by atoms with E-state index in [0.717, 1.165) is 11.1 Å². The van der Waals surface area contributed by atoms with E-state index in [1.165, 1.54) is 12.1 Å². The van der Waals surface area contributed by atoms with Crippen molar-refractivity contribution in [3.8, 4) is 17.2 Å². The summed E-state index contributed by atoms with van der Waals surface area (Å²) in [5.41, 5.74) is 1.56. The Morgan fingerprint density at radius 3 is 2.52 bits per heavy atom. The number of phenolic OH excluding ortho intramolecular Hbond substituents is 1. The van der Waals surface area contributed by atoms with Crippen LogP contribution >= 0.6 is 0 Å². The second kappa shape index (κ2) is 6.74. The number of hydrogen-bond donors (Lipinski definition) is 1. The molecule has 3 rings (SSSR count). The molecule has 0 spiro atoms. The standard InChI is InChI=1S/C17H14N2O4/c20-14-8-6-12(7-9-14)10-16(21)22-11-15-18-19-17(23-15)13-4-2-1-3-5-13/h1-9,20H,10-11H2. The normalized spacial score (nSPS) is 10.4. The van der Waals surface area contributed by atoms with Gasteiger partial charge in [-0.05, 0) is 29.8 Å². The van der Waals surface area contributed by atoms with Crippen LogP contribution in [-0.4, -0.2) is 21.3 Å². The zero-order valence-electron chi connectivity index (χ0n) is 12.2. The van der Waals surface area contributed by atoms with Crippen LogP contribution in [0.15, 0.2) is 59.0 Å². The van der Waals surface area contributed by atoms with Crippen molar-refractivity contribution < 1.29 is 19.1 Å². The highest BCUT2D eigenvalue weighted by Crippen LogP contribution is 2.17. The molecular weight excluding hydrogens is 296 g/mol. The van der Waals surface area contributed by atoms with Crippen LogP contribution in [0.3, 0.4) is 0 Å². The van der Waals surface area contributed by atoms with Gasteiger partial charge in [0.1, 0.15) is 5.75 Å². The first kappa shape index (κ1) is 14.8. The molecule has 0 amide bonds. The van der Waals surface area contributed by atoms with Gasteiger partial charge in [0.2, 0.25) is 5.89 Å². The van der Waals surface area contributed by atoms with Gasteiger partial charge >= 0.3 is 5.97 Å². The van der Waals surface area contributed by atoms with Crippen molar-refractivity contribution in [3.05, 3.63) is 66.1 Å². The van der Waals surface area contributed by atoms with Gasteiger partial charge in [-0.25, -0.2) is 0 Å². The lowest BCUT2D eigenvalue weighted by Gasteiger charge is -2.02. The van der Waals surface area contributed by atoms with Gasteiger partial charge in [0.15, 0.2) is 6.61 Å². The number of benzene rings is 2. The molecule has 2 aromatic carbocycles. The molecule has 1 heterocycles. The quantitative estimate of drug-likeness (QED) is 0.729. The van der Waals surface area contributed by atoms with E-state index in [1.54, 1.807) is 12.1 Å². The van der Waals surface area contributed by atoms with Crippen LogP contribution in [0.2, 0.25) is 0 Å². The van der Waals surface area contributed by atoms with E-state index in [-0.39, 0.29) is 24.7 Å². The number of nitrogens with zero attached hydrogens (tertiary/aromatic N) is 2. The van der Waals surface area contributed by atoms with Crippen molar-refractivity contribution in [2.45, 2.75) is 13.0 Å². The Morgan fingerprint density at radius 2 is 1.78 bits per heavy atom. The van der Waals surface area contributed by atoms with Gasteiger partial charge in [-0.2, -0.15) is 0 Å². The summed E-state index contributed by atoms with van der Waals surface area (Å²) >= 11 is 0. The summed E-state index contributed by atoms with van der Waals surface area (Å²) in [6, 6.07) is 15.7. The molecule has 0 fully saturated rings. The SMILES string of the molecule is O=C(Cc1ccc(O)cc1)OCc1nnc(-c2ccccc2)o1. The molecule has 0 aliphatic rings. The average Bonchev–Trinajstić information content (AvgIpc) is 3.05. The molecule has 0 saturated heterocycles. The third-order valence-electron chi connectivity index (χ3n) is 3.13. The van der Waals surface area contributed by atoms with Crippen LogP contribution in [0, 0.1) is 0 Å². The fourth-order valence-electron chi connectivity index (χ4n) is 1.98. The van der Waals surface area contributed by atoms with Gasteiger partial charge in [0, 0.05) is 5.56 Å². The molecule has 0 bridgehead atoms. The number of phenols is 1. The molecule has 6 nitrogen and oxygen atoms in total. The number of esters is 1. The van der Waals surface area contributed by atoms with Crippen LogP contribution in [-0.2, 0) is 22.6 Å². The summed E-state index contributed by atoms with van der Waals surface area (Å²) in [5.74, 6) is 0.370. The molecule has 1 aromatic heterocycles. The number of aromatic nitrogens is 2. The van der Waals surface area contributed by atoms with Gasteiger partial charge in [-0.3, -0.25) is 4.79 Å². The Bertz CT molecular complexity index is 782. The second-order valence-corrected chi connectivity index (χ2v) is 4.87. The fraction of sp³-hybridized carbons (Fsp3) is 0.118. The van der Waals surface area contributed by atoms with E-state index in [1.807, 2.05) is 30.3 Å². The van der Waals surface area contributed by atoms with Crippen LogP contribution in [0.25, 0.3) is 11.5 Å². The van der Waals surface area contributed by atoms with Gasteiger partial charge in [-0.1, -0.05) is 30.3 Å². The lowest BCUT2D eigenvalue weighted by Crippen LogP contribution is -2.08. The van der Waals surface area contributed by atoms with E-state index < -0.39 is 5.97 Å². The summed E-state index contributed by atoms with van der Waals surface area (Å²) in [4.78, 5) is 11.8. The van der Waals surface area contributed by atoms with Gasteiger partial charge in [-0.15, -0.1) is 10.2 Å². The number of ether oxygens (including phenoxy) is 1. The molecule has 23 heavy (non-hydrogen) atoms. The molecule has 6 heteroatoms. The molecule has 116 valence electrons. The molecular formula is C17H14N2O4. The van der Waals surface area contributed by atoms with E-state index in [2.05, 4.69) is 10.2 Å². The highest BCUT2D eigenvalue weighted by atomic mass is 16.5. The summed E-state index contributed by atoms with van der Waals surface area (Å²) in [6.07, 6.45) is 0.111. The lowest BCUT2D eigenvalue weighted by molar-refractivity contribution is -0.144. The number of hydrogen-bond acceptors (Lipinski definition) is 6. The lowest BCUT2D eigenvalue weighted by atomic mass is 10.1. The summed E-state index contributed by atoms with van der Waals surface area (Å²) in [7, 11) is 0. The van der Waals surface area contributed by atoms with Crippen molar-refractivity contribution in [1.29, 1.82) is 0 Å². The minimum atomic E-state index is -0.407. The molecule has 0 aliphatic carbocycles. The first-order valence-corrected chi connectivity index (χ1v) is 7.02. The number of carbonyl (C=O) groups excluding carboxylic acids is 1. The Labute approximate surface area is 132 Å². The maximum atomic E-state index is 11.8. The maximum absolute atomic E-state index is 11.8. The van der Waals surface area contributed by atoms with Crippen molar-refractivity contribution in [1.82, 2.24) is 10.2 Å². The van der Waals surface area contributed by atoms with Gasteiger partial charge in [0.25, 0.3) is 5.89 Å². The predicted molar refractivity (Wildman–Crippen MR) is 81.3 cm³/mol. The van der Waals surface area contributed by atoms with Crippen LogP contribution < -0.4 is 0 Å². The van der Waals surface area contributed by atoms with Crippen molar-refractivity contribution in [2.75, 3.05) is 0 Å². The topological polar surface area (TPSA) is 85.5 Å². The predicted octanol–water partition coefficient (Wildman–Crippen LogP) is 2.73. The molecule has 0 unspecified atom stereocenters.